The molecule has 3 heteroatoms. The van der Waals surface area contributed by atoms with E-state index in [4.69, 9.17) is 10.2 Å². The molecule has 13 heavy (non-hydrogen) atoms. The van der Waals surface area contributed by atoms with Crippen LogP contribution in [0.3, 0.4) is 0 Å². The van der Waals surface area contributed by atoms with Crippen LogP contribution in [-0.4, -0.2) is 36.5 Å². The average Bonchev–Trinajstić information content (AvgIpc) is 2.16. The topological polar surface area (TPSA) is 52.5 Å². The van der Waals surface area contributed by atoms with Crippen LogP contribution < -0.4 is 5.32 Å². The zero-order valence-electron chi connectivity index (χ0n) is 8.79. The van der Waals surface area contributed by atoms with Crippen molar-refractivity contribution in [2.45, 2.75) is 26.7 Å². The molecule has 0 aliphatic carbocycles. The molecule has 0 saturated heterocycles. The lowest BCUT2D eigenvalue weighted by Crippen LogP contribution is -2.28. The van der Waals surface area contributed by atoms with Crippen LogP contribution in [0.2, 0.25) is 0 Å². The Morgan fingerprint density at radius 2 is 1.92 bits per heavy atom. The Kier molecular flexibility index (Phi) is 8.40. The number of aliphatic hydroxyl groups is 2. The molecule has 0 bridgehead atoms. The van der Waals surface area contributed by atoms with E-state index in [1.165, 1.54) is 0 Å². The fraction of sp³-hybridized carbons (Fsp3) is 1.00. The molecule has 0 heterocycles. The van der Waals surface area contributed by atoms with Crippen LogP contribution in [0.1, 0.15) is 26.7 Å². The number of hydrogen-bond acceptors (Lipinski definition) is 3. The van der Waals surface area contributed by atoms with Gasteiger partial charge in [0.25, 0.3) is 0 Å². The lowest BCUT2D eigenvalue weighted by molar-refractivity contribution is 0.225. The molecular weight excluding hydrogens is 166 g/mol. The van der Waals surface area contributed by atoms with Gasteiger partial charge in [0.15, 0.2) is 0 Å². The minimum Gasteiger partial charge on any atom is -0.396 e. The second kappa shape index (κ2) is 8.48. The van der Waals surface area contributed by atoms with Crippen LogP contribution in [0.5, 0.6) is 0 Å². The maximum Gasteiger partial charge on any atom is 0.0468 e. The molecule has 2 atom stereocenters. The highest BCUT2D eigenvalue weighted by Gasteiger charge is 2.05. The van der Waals surface area contributed by atoms with Crippen molar-refractivity contribution < 1.29 is 10.2 Å². The van der Waals surface area contributed by atoms with Crippen LogP contribution in [0.15, 0.2) is 0 Å². The molecule has 0 radical (unpaired) electrons. The van der Waals surface area contributed by atoms with E-state index >= 15 is 0 Å². The van der Waals surface area contributed by atoms with Crippen LogP contribution in [0.4, 0.5) is 0 Å². The molecule has 0 amide bonds. The number of aliphatic hydroxyl groups excluding tert-OH is 2. The normalized spacial score (nSPS) is 15.7. The summed E-state index contributed by atoms with van der Waals surface area (Å²) in [4.78, 5) is 0. The Hall–Kier alpha value is -0.120. The second-order valence-corrected chi connectivity index (χ2v) is 3.73. The van der Waals surface area contributed by atoms with Gasteiger partial charge in [-0.15, -0.1) is 0 Å². The molecule has 0 aliphatic heterocycles. The lowest BCUT2D eigenvalue weighted by atomic mass is 10.0. The summed E-state index contributed by atoms with van der Waals surface area (Å²) in [5.41, 5.74) is 0. The Morgan fingerprint density at radius 3 is 2.38 bits per heavy atom. The summed E-state index contributed by atoms with van der Waals surface area (Å²) in [6.07, 6.45) is 1.97. The molecular formula is C10H23NO2. The maximum absolute atomic E-state index is 8.78. The molecule has 80 valence electrons. The van der Waals surface area contributed by atoms with E-state index in [0.29, 0.717) is 11.8 Å². The van der Waals surface area contributed by atoms with Crippen molar-refractivity contribution in [3.63, 3.8) is 0 Å². The molecule has 0 spiro atoms. The van der Waals surface area contributed by atoms with E-state index in [2.05, 4.69) is 12.2 Å². The Balaban J connectivity index is 3.37. The molecule has 3 nitrogen and oxygen atoms in total. The van der Waals surface area contributed by atoms with E-state index in [0.717, 1.165) is 25.9 Å². The molecule has 0 rings (SSSR count). The van der Waals surface area contributed by atoms with Crippen LogP contribution in [0.25, 0.3) is 0 Å². The molecule has 0 aromatic carbocycles. The highest BCUT2D eigenvalue weighted by molar-refractivity contribution is 4.62. The summed E-state index contributed by atoms with van der Waals surface area (Å²) < 4.78 is 0. The van der Waals surface area contributed by atoms with Gasteiger partial charge in [0, 0.05) is 13.2 Å². The third kappa shape index (κ3) is 6.99. The van der Waals surface area contributed by atoms with Crippen molar-refractivity contribution in [2.75, 3.05) is 26.3 Å². The summed E-state index contributed by atoms with van der Waals surface area (Å²) >= 11 is 0. The number of nitrogens with one attached hydrogen (secondary N) is 1. The highest BCUT2D eigenvalue weighted by atomic mass is 16.3. The van der Waals surface area contributed by atoms with Gasteiger partial charge in [-0.1, -0.05) is 20.3 Å². The first-order chi connectivity index (χ1) is 6.24. The summed E-state index contributed by atoms with van der Waals surface area (Å²) in [7, 11) is 0. The van der Waals surface area contributed by atoms with Gasteiger partial charge in [-0.25, -0.2) is 0 Å². The lowest BCUT2D eigenvalue weighted by Gasteiger charge is -2.16. The highest BCUT2D eigenvalue weighted by Crippen LogP contribution is 2.05. The van der Waals surface area contributed by atoms with E-state index < -0.39 is 0 Å². The largest absolute Gasteiger partial charge is 0.396 e. The monoisotopic (exact) mass is 189 g/mol. The predicted octanol–water partition coefficient (Wildman–Crippen LogP) is 0.613. The fourth-order valence-electron chi connectivity index (χ4n) is 1.23. The predicted molar refractivity (Wildman–Crippen MR) is 54.6 cm³/mol. The van der Waals surface area contributed by atoms with E-state index in [9.17, 15) is 0 Å². The van der Waals surface area contributed by atoms with Crippen molar-refractivity contribution in [3.8, 4) is 0 Å². The number of hydrogen-bond donors (Lipinski definition) is 3. The molecule has 0 saturated carbocycles. The summed E-state index contributed by atoms with van der Waals surface area (Å²) in [6.45, 7) is 6.47. The molecule has 2 unspecified atom stereocenters. The van der Waals surface area contributed by atoms with Crippen molar-refractivity contribution in [1.82, 2.24) is 5.32 Å². The molecule has 0 aromatic rings. The van der Waals surface area contributed by atoms with Crippen LogP contribution in [0, 0.1) is 11.8 Å². The molecule has 0 aliphatic rings. The van der Waals surface area contributed by atoms with Gasteiger partial charge in [-0.3, -0.25) is 0 Å². The number of rotatable bonds is 8. The van der Waals surface area contributed by atoms with Crippen LogP contribution in [-0.2, 0) is 0 Å². The summed E-state index contributed by atoms with van der Waals surface area (Å²) in [5.74, 6) is 0.891. The Labute approximate surface area is 81.2 Å². The Morgan fingerprint density at radius 1 is 1.23 bits per heavy atom. The van der Waals surface area contributed by atoms with Gasteiger partial charge in [-0.05, 0) is 31.3 Å². The Bertz CT molecular complexity index is 109. The summed E-state index contributed by atoms with van der Waals surface area (Å²) in [6, 6.07) is 0. The maximum atomic E-state index is 8.78. The van der Waals surface area contributed by atoms with Crippen LogP contribution >= 0.6 is 0 Å². The van der Waals surface area contributed by atoms with Gasteiger partial charge >= 0.3 is 0 Å². The van der Waals surface area contributed by atoms with E-state index in [1.807, 2.05) is 6.92 Å². The molecule has 0 fully saturated rings. The summed E-state index contributed by atoms with van der Waals surface area (Å²) in [5, 5.41) is 20.8. The smallest absolute Gasteiger partial charge is 0.0468 e. The van der Waals surface area contributed by atoms with E-state index in [1.54, 1.807) is 0 Å². The average molecular weight is 189 g/mol. The molecule has 3 N–H and O–H groups in total. The van der Waals surface area contributed by atoms with Gasteiger partial charge in [-0.2, -0.15) is 0 Å². The quantitative estimate of drug-likeness (QED) is 0.524. The van der Waals surface area contributed by atoms with Gasteiger partial charge in [0.05, 0.1) is 0 Å². The van der Waals surface area contributed by atoms with Gasteiger partial charge in [0.2, 0.25) is 0 Å². The zero-order valence-corrected chi connectivity index (χ0v) is 8.79. The van der Waals surface area contributed by atoms with Crippen molar-refractivity contribution >= 4 is 0 Å². The minimum atomic E-state index is 0.240. The third-order valence-electron chi connectivity index (χ3n) is 2.35. The van der Waals surface area contributed by atoms with Gasteiger partial charge in [0.1, 0.15) is 0 Å². The zero-order chi connectivity index (χ0) is 10.1. The van der Waals surface area contributed by atoms with Gasteiger partial charge < -0.3 is 15.5 Å². The SMILES string of the molecule is CCC(CCO)CNCC(C)CO. The van der Waals surface area contributed by atoms with Crippen molar-refractivity contribution in [3.05, 3.63) is 0 Å². The molecule has 0 aromatic heterocycles. The van der Waals surface area contributed by atoms with Crippen molar-refractivity contribution in [1.29, 1.82) is 0 Å². The minimum absolute atomic E-state index is 0.240. The third-order valence-corrected chi connectivity index (χ3v) is 2.35. The van der Waals surface area contributed by atoms with Crippen molar-refractivity contribution in [2.24, 2.45) is 11.8 Å². The first-order valence-electron chi connectivity index (χ1n) is 5.17. The van der Waals surface area contributed by atoms with E-state index in [-0.39, 0.29) is 13.2 Å². The first-order valence-corrected chi connectivity index (χ1v) is 5.17. The fourth-order valence-corrected chi connectivity index (χ4v) is 1.23. The second-order valence-electron chi connectivity index (χ2n) is 3.73. The standard InChI is InChI=1S/C10H23NO2/c1-3-10(4-5-12)7-11-6-9(2)8-13/h9-13H,3-8H2,1-2H3. The first kappa shape index (κ1) is 12.9.